The lowest BCUT2D eigenvalue weighted by Crippen LogP contribution is -2.05. The SMILES string of the molecule is CC(O)c1ccc2c(c1)O[C@H](C)C2. The molecule has 1 aromatic carbocycles. The second kappa shape index (κ2) is 3.04. The first kappa shape index (κ1) is 8.57. The molecule has 0 saturated heterocycles. The monoisotopic (exact) mass is 178 g/mol. The normalized spacial score (nSPS) is 22.2. The third-order valence-corrected chi connectivity index (χ3v) is 2.41. The average molecular weight is 178 g/mol. The van der Waals surface area contributed by atoms with Crippen molar-refractivity contribution in [3.63, 3.8) is 0 Å². The molecule has 0 saturated carbocycles. The first-order chi connectivity index (χ1) is 6.16. The van der Waals surface area contributed by atoms with Crippen LogP contribution in [0, 0.1) is 0 Å². The molecule has 1 unspecified atom stereocenters. The van der Waals surface area contributed by atoms with Crippen molar-refractivity contribution in [2.45, 2.75) is 32.5 Å². The van der Waals surface area contributed by atoms with Crippen LogP contribution in [0.5, 0.6) is 5.75 Å². The molecule has 2 rings (SSSR count). The molecule has 2 heteroatoms. The van der Waals surface area contributed by atoms with Crippen LogP contribution in [0.1, 0.15) is 31.1 Å². The predicted molar refractivity (Wildman–Crippen MR) is 50.9 cm³/mol. The fourth-order valence-corrected chi connectivity index (χ4v) is 1.68. The van der Waals surface area contributed by atoms with Crippen LogP contribution < -0.4 is 4.74 Å². The molecule has 0 aromatic heterocycles. The van der Waals surface area contributed by atoms with Crippen LogP contribution in [-0.4, -0.2) is 11.2 Å². The van der Waals surface area contributed by atoms with Gasteiger partial charge in [-0.2, -0.15) is 0 Å². The second-order valence-electron chi connectivity index (χ2n) is 3.68. The van der Waals surface area contributed by atoms with Crippen LogP contribution in [0.3, 0.4) is 0 Å². The zero-order valence-corrected chi connectivity index (χ0v) is 7.95. The molecule has 70 valence electrons. The largest absolute Gasteiger partial charge is 0.490 e. The number of ether oxygens (including phenoxy) is 1. The maximum Gasteiger partial charge on any atom is 0.123 e. The van der Waals surface area contributed by atoms with E-state index in [1.54, 1.807) is 6.92 Å². The van der Waals surface area contributed by atoms with Crippen LogP contribution in [0.4, 0.5) is 0 Å². The molecule has 1 aromatic rings. The van der Waals surface area contributed by atoms with Crippen molar-refractivity contribution in [1.29, 1.82) is 0 Å². The summed E-state index contributed by atoms with van der Waals surface area (Å²) in [5.41, 5.74) is 2.17. The first-order valence-electron chi connectivity index (χ1n) is 4.64. The summed E-state index contributed by atoms with van der Waals surface area (Å²) in [5, 5.41) is 9.37. The maximum atomic E-state index is 9.37. The molecule has 2 atom stereocenters. The fraction of sp³-hybridized carbons (Fsp3) is 0.455. The minimum absolute atomic E-state index is 0.277. The molecular weight excluding hydrogens is 164 g/mol. The first-order valence-corrected chi connectivity index (χ1v) is 4.64. The zero-order valence-electron chi connectivity index (χ0n) is 7.95. The molecule has 2 nitrogen and oxygen atoms in total. The molecule has 1 aliphatic heterocycles. The summed E-state index contributed by atoms with van der Waals surface area (Å²) < 4.78 is 5.59. The highest BCUT2D eigenvalue weighted by Crippen LogP contribution is 2.31. The van der Waals surface area contributed by atoms with E-state index >= 15 is 0 Å². The molecule has 1 aliphatic rings. The van der Waals surface area contributed by atoms with Gasteiger partial charge in [-0.3, -0.25) is 0 Å². The molecule has 0 fully saturated rings. The quantitative estimate of drug-likeness (QED) is 0.713. The molecule has 13 heavy (non-hydrogen) atoms. The molecular formula is C11H14O2. The Bertz CT molecular complexity index is 318. The topological polar surface area (TPSA) is 29.5 Å². The number of rotatable bonds is 1. The van der Waals surface area contributed by atoms with E-state index in [1.807, 2.05) is 18.2 Å². The molecule has 0 amide bonds. The van der Waals surface area contributed by atoms with E-state index in [0.29, 0.717) is 0 Å². The molecule has 0 radical (unpaired) electrons. The number of aliphatic hydroxyl groups is 1. The Kier molecular flexibility index (Phi) is 2.00. The molecule has 1 N–H and O–H groups in total. The Morgan fingerprint density at radius 2 is 2.31 bits per heavy atom. The van der Waals surface area contributed by atoms with Crippen molar-refractivity contribution in [2.75, 3.05) is 0 Å². The minimum Gasteiger partial charge on any atom is -0.490 e. The molecule has 0 bridgehead atoms. The van der Waals surface area contributed by atoms with Gasteiger partial charge in [0, 0.05) is 6.42 Å². The summed E-state index contributed by atoms with van der Waals surface area (Å²) in [6, 6.07) is 5.94. The molecule has 0 spiro atoms. The summed E-state index contributed by atoms with van der Waals surface area (Å²) in [4.78, 5) is 0. The Labute approximate surface area is 78.2 Å². The van der Waals surface area contributed by atoms with E-state index in [-0.39, 0.29) is 6.10 Å². The van der Waals surface area contributed by atoms with Crippen LogP contribution >= 0.6 is 0 Å². The number of hydrogen-bond donors (Lipinski definition) is 1. The Morgan fingerprint density at radius 3 is 3.00 bits per heavy atom. The number of fused-ring (bicyclic) bond motifs is 1. The third kappa shape index (κ3) is 1.54. The molecule has 0 aliphatic carbocycles. The van der Waals surface area contributed by atoms with Gasteiger partial charge in [-0.15, -0.1) is 0 Å². The van der Waals surface area contributed by atoms with Crippen molar-refractivity contribution in [2.24, 2.45) is 0 Å². The van der Waals surface area contributed by atoms with E-state index in [9.17, 15) is 5.11 Å². The van der Waals surface area contributed by atoms with Gasteiger partial charge >= 0.3 is 0 Å². The molecule has 1 heterocycles. The minimum atomic E-state index is -0.412. The predicted octanol–water partition coefficient (Wildman–Crippen LogP) is 2.06. The average Bonchev–Trinajstić information content (AvgIpc) is 2.42. The van der Waals surface area contributed by atoms with Gasteiger partial charge in [0.25, 0.3) is 0 Å². The summed E-state index contributed by atoms with van der Waals surface area (Å²) in [6.45, 7) is 3.82. The Hall–Kier alpha value is -1.02. The second-order valence-corrected chi connectivity index (χ2v) is 3.68. The van der Waals surface area contributed by atoms with Gasteiger partial charge in [0.1, 0.15) is 11.9 Å². The summed E-state index contributed by atoms with van der Waals surface area (Å²) >= 11 is 0. The van der Waals surface area contributed by atoms with Gasteiger partial charge in [0.05, 0.1) is 6.10 Å². The maximum absolute atomic E-state index is 9.37. The smallest absolute Gasteiger partial charge is 0.123 e. The van der Waals surface area contributed by atoms with Gasteiger partial charge in [-0.25, -0.2) is 0 Å². The van der Waals surface area contributed by atoms with Crippen LogP contribution in [0.25, 0.3) is 0 Å². The summed E-state index contributed by atoms with van der Waals surface area (Å²) in [7, 11) is 0. The Balaban J connectivity index is 2.35. The van der Waals surface area contributed by atoms with Crippen molar-refractivity contribution in [3.05, 3.63) is 29.3 Å². The lowest BCUT2D eigenvalue weighted by atomic mass is 10.1. The Morgan fingerprint density at radius 1 is 1.54 bits per heavy atom. The zero-order chi connectivity index (χ0) is 9.42. The van der Waals surface area contributed by atoms with Crippen molar-refractivity contribution < 1.29 is 9.84 Å². The van der Waals surface area contributed by atoms with E-state index in [1.165, 1.54) is 5.56 Å². The van der Waals surface area contributed by atoms with Crippen molar-refractivity contribution >= 4 is 0 Å². The van der Waals surface area contributed by atoms with E-state index in [0.717, 1.165) is 17.7 Å². The van der Waals surface area contributed by atoms with Crippen LogP contribution in [0.2, 0.25) is 0 Å². The lowest BCUT2D eigenvalue weighted by molar-refractivity contribution is 0.198. The van der Waals surface area contributed by atoms with Gasteiger partial charge in [-0.1, -0.05) is 12.1 Å². The highest BCUT2D eigenvalue weighted by Gasteiger charge is 2.19. The lowest BCUT2D eigenvalue weighted by Gasteiger charge is -2.07. The highest BCUT2D eigenvalue weighted by atomic mass is 16.5. The highest BCUT2D eigenvalue weighted by molar-refractivity contribution is 5.41. The van der Waals surface area contributed by atoms with Gasteiger partial charge in [-0.05, 0) is 31.0 Å². The van der Waals surface area contributed by atoms with Crippen molar-refractivity contribution in [1.82, 2.24) is 0 Å². The third-order valence-electron chi connectivity index (χ3n) is 2.41. The van der Waals surface area contributed by atoms with Gasteiger partial charge in [0.2, 0.25) is 0 Å². The fourth-order valence-electron chi connectivity index (χ4n) is 1.68. The van der Waals surface area contributed by atoms with E-state index in [4.69, 9.17) is 4.74 Å². The van der Waals surface area contributed by atoms with Crippen molar-refractivity contribution in [3.8, 4) is 5.75 Å². The summed E-state index contributed by atoms with van der Waals surface area (Å²) in [5.74, 6) is 0.936. The standard InChI is InChI=1S/C11H14O2/c1-7-5-10-4-3-9(8(2)12)6-11(10)13-7/h3-4,6-8,12H,5H2,1-2H3/t7-,8?/m1/s1. The van der Waals surface area contributed by atoms with Crippen LogP contribution in [-0.2, 0) is 6.42 Å². The van der Waals surface area contributed by atoms with E-state index < -0.39 is 6.10 Å². The van der Waals surface area contributed by atoms with E-state index in [2.05, 4.69) is 6.92 Å². The van der Waals surface area contributed by atoms with Crippen LogP contribution in [0.15, 0.2) is 18.2 Å². The summed E-state index contributed by atoms with van der Waals surface area (Å²) in [6.07, 6.45) is 0.846. The number of benzene rings is 1. The number of aliphatic hydroxyl groups excluding tert-OH is 1. The van der Waals surface area contributed by atoms with Gasteiger partial charge in [0.15, 0.2) is 0 Å². The number of hydrogen-bond acceptors (Lipinski definition) is 2. The van der Waals surface area contributed by atoms with Gasteiger partial charge < -0.3 is 9.84 Å².